The van der Waals surface area contributed by atoms with E-state index in [4.69, 9.17) is 0 Å². The lowest BCUT2D eigenvalue weighted by Gasteiger charge is -2.38. The van der Waals surface area contributed by atoms with Crippen LogP contribution in [0, 0.1) is 23.7 Å². The van der Waals surface area contributed by atoms with E-state index in [1.54, 1.807) is 0 Å². The van der Waals surface area contributed by atoms with Crippen molar-refractivity contribution in [1.82, 2.24) is 0 Å². The summed E-state index contributed by atoms with van der Waals surface area (Å²) in [6.45, 7) is 0. The van der Waals surface area contributed by atoms with E-state index in [0.29, 0.717) is 5.92 Å². The van der Waals surface area contributed by atoms with Crippen LogP contribution in [-0.4, -0.2) is 11.2 Å². The Kier molecular flexibility index (Phi) is 1.90. The third-order valence-corrected chi connectivity index (χ3v) is 4.88. The minimum atomic E-state index is 0.0500. The molecule has 0 aromatic heterocycles. The summed E-state index contributed by atoms with van der Waals surface area (Å²) in [5.74, 6) is 3.58. The molecule has 0 aromatic rings. The Morgan fingerprint density at radius 2 is 1.46 bits per heavy atom. The molecule has 3 fully saturated rings. The van der Waals surface area contributed by atoms with Crippen LogP contribution in [0.25, 0.3) is 0 Å². The quantitative estimate of drug-likeness (QED) is 0.607. The Balaban J connectivity index is 1.87. The SMILES string of the molecule is OC1CC2CCC3CCC1CC3C2. The highest BCUT2D eigenvalue weighted by Gasteiger charge is 2.41. The first-order valence-corrected chi connectivity index (χ1v) is 6.01. The zero-order chi connectivity index (χ0) is 8.84. The normalized spacial score (nSPS) is 54.7. The highest BCUT2D eigenvalue weighted by Crippen LogP contribution is 2.50. The van der Waals surface area contributed by atoms with Crippen molar-refractivity contribution in [2.24, 2.45) is 23.7 Å². The molecule has 0 radical (unpaired) electrons. The summed E-state index contributed by atoms with van der Waals surface area (Å²) < 4.78 is 0. The monoisotopic (exact) mass is 180 g/mol. The van der Waals surface area contributed by atoms with E-state index < -0.39 is 0 Å². The van der Waals surface area contributed by atoms with Gasteiger partial charge in [0.25, 0.3) is 0 Å². The van der Waals surface area contributed by atoms with Crippen molar-refractivity contribution in [2.45, 2.75) is 51.0 Å². The standard InChI is InChI=1S/C12H20O/c13-12-6-8-1-2-9-3-4-10(12)7-11(9)5-8/h8-13H,1-7H2. The summed E-state index contributed by atoms with van der Waals surface area (Å²) in [7, 11) is 0. The van der Waals surface area contributed by atoms with Crippen LogP contribution >= 0.6 is 0 Å². The number of aliphatic hydroxyl groups excluding tert-OH is 1. The molecular weight excluding hydrogens is 160 g/mol. The smallest absolute Gasteiger partial charge is 0.0571 e. The van der Waals surface area contributed by atoms with Crippen molar-refractivity contribution in [3.05, 3.63) is 0 Å². The van der Waals surface area contributed by atoms with Gasteiger partial charge in [-0.1, -0.05) is 6.42 Å². The van der Waals surface area contributed by atoms with Gasteiger partial charge in [0.15, 0.2) is 0 Å². The number of hydrogen-bond donors (Lipinski definition) is 1. The van der Waals surface area contributed by atoms with Crippen molar-refractivity contribution in [2.75, 3.05) is 0 Å². The van der Waals surface area contributed by atoms with Gasteiger partial charge in [-0.05, 0) is 62.2 Å². The van der Waals surface area contributed by atoms with Gasteiger partial charge < -0.3 is 5.11 Å². The first-order valence-electron chi connectivity index (χ1n) is 6.01. The topological polar surface area (TPSA) is 20.2 Å². The Hall–Kier alpha value is -0.0400. The lowest BCUT2D eigenvalue weighted by atomic mass is 9.67. The zero-order valence-electron chi connectivity index (χ0n) is 8.28. The summed E-state index contributed by atoms with van der Waals surface area (Å²) in [4.78, 5) is 0. The fourth-order valence-corrected chi connectivity index (χ4v) is 4.13. The van der Waals surface area contributed by atoms with Crippen molar-refractivity contribution in [3.8, 4) is 0 Å². The fraction of sp³-hybridized carbons (Fsp3) is 1.00. The molecule has 13 heavy (non-hydrogen) atoms. The van der Waals surface area contributed by atoms with Crippen LogP contribution in [0.5, 0.6) is 0 Å². The first kappa shape index (κ1) is 8.28. The molecule has 3 aliphatic rings. The number of rotatable bonds is 0. The van der Waals surface area contributed by atoms with Crippen molar-refractivity contribution in [1.29, 1.82) is 0 Å². The van der Waals surface area contributed by atoms with Gasteiger partial charge >= 0.3 is 0 Å². The van der Waals surface area contributed by atoms with Gasteiger partial charge in [-0.3, -0.25) is 0 Å². The van der Waals surface area contributed by atoms with Crippen molar-refractivity contribution in [3.63, 3.8) is 0 Å². The minimum absolute atomic E-state index is 0.0500. The second-order valence-corrected chi connectivity index (χ2v) is 5.58. The van der Waals surface area contributed by atoms with Crippen LogP contribution in [0.4, 0.5) is 0 Å². The second kappa shape index (κ2) is 2.98. The molecule has 0 heterocycles. The van der Waals surface area contributed by atoms with Crippen LogP contribution in [0.15, 0.2) is 0 Å². The van der Waals surface area contributed by atoms with Crippen LogP contribution < -0.4 is 0 Å². The maximum Gasteiger partial charge on any atom is 0.0571 e. The third kappa shape index (κ3) is 1.32. The van der Waals surface area contributed by atoms with Crippen LogP contribution in [0.3, 0.4) is 0 Å². The van der Waals surface area contributed by atoms with Gasteiger partial charge in [0.05, 0.1) is 6.10 Å². The molecule has 5 atom stereocenters. The molecule has 0 aliphatic heterocycles. The molecule has 3 saturated carbocycles. The molecule has 1 nitrogen and oxygen atoms in total. The third-order valence-electron chi connectivity index (χ3n) is 4.88. The van der Waals surface area contributed by atoms with Gasteiger partial charge in [-0.25, -0.2) is 0 Å². The van der Waals surface area contributed by atoms with Gasteiger partial charge in [-0.15, -0.1) is 0 Å². The molecule has 3 aliphatic carbocycles. The van der Waals surface area contributed by atoms with E-state index in [0.717, 1.165) is 24.2 Å². The van der Waals surface area contributed by atoms with Gasteiger partial charge in [0.1, 0.15) is 0 Å². The molecule has 74 valence electrons. The molecule has 0 amide bonds. The summed E-state index contributed by atoms with van der Waals surface area (Å²) in [6.07, 6.45) is 9.57. The summed E-state index contributed by atoms with van der Waals surface area (Å²) >= 11 is 0. The summed E-state index contributed by atoms with van der Waals surface area (Å²) in [5.41, 5.74) is 0. The predicted octanol–water partition coefficient (Wildman–Crippen LogP) is 2.58. The van der Waals surface area contributed by atoms with Crippen LogP contribution in [0.2, 0.25) is 0 Å². The highest BCUT2D eigenvalue weighted by atomic mass is 16.3. The number of hydrogen-bond acceptors (Lipinski definition) is 1. The zero-order valence-corrected chi connectivity index (χ0v) is 8.28. The van der Waals surface area contributed by atoms with E-state index in [-0.39, 0.29) is 6.10 Å². The van der Waals surface area contributed by atoms with E-state index in [1.165, 1.54) is 38.5 Å². The average Bonchev–Trinajstić information content (AvgIpc) is 2.22. The fourth-order valence-electron chi connectivity index (χ4n) is 4.13. The van der Waals surface area contributed by atoms with E-state index in [9.17, 15) is 5.11 Å². The maximum absolute atomic E-state index is 10.0. The van der Waals surface area contributed by atoms with Gasteiger partial charge in [0.2, 0.25) is 0 Å². The summed E-state index contributed by atoms with van der Waals surface area (Å²) in [6, 6.07) is 0. The van der Waals surface area contributed by atoms with E-state index in [1.807, 2.05) is 0 Å². The Morgan fingerprint density at radius 3 is 2.38 bits per heavy atom. The molecule has 0 saturated heterocycles. The molecule has 5 unspecified atom stereocenters. The molecule has 0 spiro atoms. The first-order chi connectivity index (χ1) is 6.33. The molecule has 3 bridgehead atoms. The lowest BCUT2D eigenvalue weighted by Crippen LogP contribution is -2.29. The molecular formula is C12H20O. The molecule has 1 N–H and O–H groups in total. The van der Waals surface area contributed by atoms with Crippen LogP contribution in [-0.2, 0) is 0 Å². The second-order valence-electron chi connectivity index (χ2n) is 5.58. The van der Waals surface area contributed by atoms with E-state index in [2.05, 4.69) is 0 Å². The van der Waals surface area contributed by atoms with Crippen molar-refractivity contribution < 1.29 is 5.11 Å². The van der Waals surface area contributed by atoms with E-state index >= 15 is 0 Å². The highest BCUT2D eigenvalue weighted by molar-refractivity contribution is 4.92. The maximum atomic E-state index is 10.0. The van der Waals surface area contributed by atoms with Gasteiger partial charge in [-0.2, -0.15) is 0 Å². The molecule has 1 heteroatoms. The van der Waals surface area contributed by atoms with Gasteiger partial charge in [0, 0.05) is 0 Å². The average molecular weight is 180 g/mol. The minimum Gasteiger partial charge on any atom is -0.393 e. The Bertz CT molecular complexity index is 199. The van der Waals surface area contributed by atoms with Crippen molar-refractivity contribution >= 4 is 0 Å². The van der Waals surface area contributed by atoms with Crippen LogP contribution in [0.1, 0.15) is 44.9 Å². The largest absolute Gasteiger partial charge is 0.393 e. The Labute approximate surface area is 80.5 Å². The predicted molar refractivity (Wildman–Crippen MR) is 52.3 cm³/mol. The Morgan fingerprint density at radius 1 is 0.692 bits per heavy atom. The number of fused-ring (bicyclic) bond motifs is 2. The number of aliphatic hydroxyl groups is 1. The summed E-state index contributed by atoms with van der Waals surface area (Å²) in [5, 5.41) is 10.0. The lowest BCUT2D eigenvalue weighted by molar-refractivity contribution is 0.0646. The molecule has 0 aromatic carbocycles. The molecule has 3 rings (SSSR count).